The van der Waals surface area contributed by atoms with E-state index in [0.717, 1.165) is 19.8 Å². The van der Waals surface area contributed by atoms with Crippen LogP contribution in [0, 0.1) is 11.9 Å². The molecular weight excluding hydrogens is 229 g/mol. The highest BCUT2D eigenvalue weighted by atomic mass is 19.1. The fraction of sp³-hybridized carbons (Fsp3) is 0. The van der Waals surface area contributed by atoms with E-state index in [9.17, 15) is 8.78 Å². The minimum Gasteiger partial charge on any atom is -0.525 e. The van der Waals surface area contributed by atoms with Crippen LogP contribution in [0.25, 0.3) is 0 Å². The van der Waals surface area contributed by atoms with E-state index >= 15 is 0 Å². The third-order valence-corrected chi connectivity index (χ3v) is 1.77. The van der Waals surface area contributed by atoms with Crippen molar-refractivity contribution < 1.29 is 18.1 Å². The highest BCUT2D eigenvalue weighted by Crippen LogP contribution is 2.10. The second-order valence-electron chi connectivity index (χ2n) is 2.97. The summed E-state index contributed by atoms with van der Waals surface area (Å²) < 4.78 is 34.9. The normalized spacial score (nSPS) is 9.76. The van der Waals surface area contributed by atoms with E-state index in [2.05, 4.69) is 9.97 Å². The second kappa shape index (κ2) is 5.24. The number of pyridine rings is 2. The Balaban J connectivity index is 1.83. The molecule has 0 unspecified atom stereocenters. The third-order valence-electron chi connectivity index (χ3n) is 1.77. The average molecular weight is 235 g/mol. The lowest BCUT2D eigenvalue weighted by Crippen LogP contribution is -2.11. The highest BCUT2D eigenvalue weighted by molar-refractivity contribution is 6.20. The van der Waals surface area contributed by atoms with Gasteiger partial charge in [0.2, 0.25) is 11.9 Å². The van der Waals surface area contributed by atoms with Crippen LogP contribution in [0.1, 0.15) is 0 Å². The van der Waals surface area contributed by atoms with Crippen molar-refractivity contribution in [1.29, 1.82) is 0 Å². The molecule has 2 heterocycles. The molecule has 2 aromatic heterocycles. The van der Waals surface area contributed by atoms with Crippen molar-refractivity contribution in [2.75, 3.05) is 0 Å². The Morgan fingerprint density at radius 2 is 1.29 bits per heavy atom. The third kappa shape index (κ3) is 3.41. The molecule has 0 bridgehead atoms. The van der Waals surface area contributed by atoms with Gasteiger partial charge in [0.1, 0.15) is 11.5 Å². The minimum atomic E-state index is -0.596. The molecule has 0 aliphatic heterocycles. The number of aromatic nitrogens is 2. The summed E-state index contributed by atoms with van der Waals surface area (Å²) in [5.74, 6) is -0.551. The van der Waals surface area contributed by atoms with E-state index in [0.29, 0.717) is 11.5 Å². The summed E-state index contributed by atoms with van der Waals surface area (Å²) in [5, 5.41) is 0. The average Bonchev–Trinajstić information content (AvgIpc) is 2.34. The summed E-state index contributed by atoms with van der Waals surface area (Å²) in [7, 11) is 1.02. The summed E-state index contributed by atoms with van der Waals surface area (Å²) in [4.78, 5) is 6.77. The van der Waals surface area contributed by atoms with Gasteiger partial charge in [0.05, 0.1) is 12.4 Å². The minimum absolute atomic E-state index is 0.321. The van der Waals surface area contributed by atoms with E-state index < -0.39 is 11.9 Å². The first kappa shape index (κ1) is 11.3. The molecule has 2 aromatic rings. The topological polar surface area (TPSA) is 44.2 Å². The molecule has 0 spiro atoms. The molecule has 1 radical (unpaired) electrons. The zero-order valence-corrected chi connectivity index (χ0v) is 8.51. The lowest BCUT2D eigenvalue weighted by Gasteiger charge is -2.05. The van der Waals surface area contributed by atoms with Gasteiger partial charge in [-0.05, 0) is 24.3 Å². The van der Waals surface area contributed by atoms with Crippen LogP contribution < -0.4 is 9.31 Å². The van der Waals surface area contributed by atoms with Gasteiger partial charge in [0.25, 0.3) is 0 Å². The van der Waals surface area contributed by atoms with Gasteiger partial charge in [-0.15, -0.1) is 0 Å². The van der Waals surface area contributed by atoms with Crippen molar-refractivity contribution >= 4 is 7.69 Å². The first-order chi connectivity index (χ1) is 8.24. The second-order valence-corrected chi connectivity index (χ2v) is 2.97. The lowest BCUT2D eigenvalue weighted by atomic mass is 10.3. The van der Waals surface area contributed by atoms with Gasteiger partial charge in [0.15, 0.2) is 0 Å². The van der Waals surface area contributed by atoms with Gasteiger partial charge in [-0.25, -0.2) is 9.97 Å². The van der Waals surface area contributed by atoms with E-state index in [1.165, 1.54) is 24.5 Å². The number of nitrogens with zero attached hydrogens (tertiary/aromatic N) is 2. The maximum Gasteiger partial charge on any atom is 0.658 e. The van der Waals surface area contributed by atoms with E-state index in [-0.39, 0.29) is 0 Å². The molecule has 0 atom stereocenters. The number of hydrogen-bond donors (Lipinski definition) is 0. The number of halogens is 2. The maximum atomic E-state index is 12.5. The lowest BCUT2D eigenvalue weighted by molar-refractivity contribution is 0.452. The number of rotatable bonds is 4. The van der Waals surface area contributed by atoms with Gasteiger partial charge >= 0.3 is 7.69 Å². The smallest absolute Gasteiger partial charge is 0.525 e. The molecule has 4 nitrogen and oxygen atoms in total. The van der Waals surface area contributed by atoms with Crippen LogP contribution in [0.5, 0.6) is 11.5 Å². The Kier molecular flexibility index (Phi) is 3.49. The molecule has 17 heavy (non-hydrogen) atoms. The largest absolute Gasteiger partial charge is 0.658 e. The molecule has 0 amide bonds. The summed E-state index contributed by atoms with van der Waals surface area (Å²) in [6.07, 6.45) is 2.41. The van der Waals surface area contributed by atoms with E-state index in [4.69, 9.17) is 9.31 Å². The van der Waals surface area contributed by atoms with Gasteiger partial charge in [0, 0.05) is 0 Å². The Hall–Kier alpha value is -2.18. The highest BCUT2D eigenvalue weighted by Gasteiger charge is 2.02. The van der Waals surface area contributed by atoms with Crippen molar-refractivity contribution in [3.05, 3.63) is 48.6 Å². The number of hydrogen-bond acceptors (Lipinski definition) is 4. The van der Waals surface area contributed by atoms with E-state index in [1.54, 1.807) is 0 Å². The molecule has 0 N–H and O–H groups in total. The predicted molar refractivity (Wildman–Crippen MR) is 55.4 cm³/mol. The summed E-state index contributed by atoms with van der Waals surface area (Å²) in [6.45, 7) is 0. The van der Waals surface area contributed by atoms with Crippen LogP contribution in [0.2, 0.25) is 0 Å². The molecule has 2 rings (SSSR count). The molecule has 7 heteroatoms. The molecular formula is C10H6BF2N2O2. The van der Waals surface area contributed by atoms with Gasteiger partial charge in [-0.2, -0.15) is 8.78 Å². The Labute approximate surface area is 96.5 Å². The predicted octanol–water partition coefficient (Wildman–Crippen LogP) is 1.75. The maximum absolute atomic E-state index is 12.5. The standard InChI is InChI=1S/C10H6BF2N2O2/c12-9-3-1-7(5-14-9)16-11-17-8-2-4-10(13)15-6-8/h1-6H. The fourth-order valence-corrected chi connectivity index (χ4v) is 0.999. The van der Waals surface area contributed by atoms with Gasteiger partial charge < -0.3 is 9.31 Å². The first-order valence-corrected chi connectivity index (χ1v) is 4.62. The SMILES string of the molecule is Fc1ccc(O[B]Oc2ccc(F)nc2)cn1. The van der Waals surface area contributed by atoms with Crippen LogP contribution in [0.3, 0.4) is 0 Å². The quantitative estimate of drug-likeness (QED) is 0.598. The van der Waals surface area contributed by atoms with Crippen molar-refractivity contribution in [2.24, 2.45) is 0 Å². The van der Waals surface area contributed by atoms with E-state index in [1.807, 2.05) is 0 Å². The van der Waals surface area contributed by atoms with Crippen LogP contribution >= 0.6 is 0 Å². The summed E-state index contributed by atoms with van der Waals surface area (Å²) in [5.41, 5.74) is 0. The fourth-order valence-electron chi connectivity index (χ4n) is 0.999. The Bertz CT molecular complexity index is 433. The molecule has 0 aliphatic rings. The molecule has 0 aromatic carbocycles. The van der Waals surface area contributed by atoms with Crippen LogP contribution in [-0.2, 0) is 0 Å². The zero-order valence-electron chi connectivity index (χ0n) is 8.51. The van der Waals surface area contributed by atoms with Crippen LogP contribution in [-0.4, -0.2) is 17.7 Å². The summed E-state index contributed by atoms with van der Waals surface area (Å²) >= 11 is 0. The van der Waals surface area contributed by atoms with Crippen LogP contribution in [0.4, 0.5) is 8.78 Å². The van der Waals surface area contributed by atoms with Gasteiger partial charge in [-0.1, -0.05) is 0 Å². The van der Waals surface area contributed by atoms with Gasteiger partial charge in [-0.3, -0.25) is 0 Å². The Morgan fingerprint density at radius 3 is 1.65 bits per heavy atom. The Morgan fingerprint density at radius 1 is 0.824 bits per heavy atom. The molecule has 85 valence electrons. The van der Waals surface area contributed by atoms with Crippen molar-refractivity contribution in [3.8, 4) is 11.5 Å². The van der Waals surface area contributed by atoms with Crippen molar-refractivity contribution in [2.45, 2.75) is 0 Å². The molecule has 0 fully saturated rings. The molecule has 0 saturated carbocycles. The molecule has 0 saturated heterocycles. The molecule has 0 aliphatic carbocycles. The zero-order chi connectivity index (χ0) is 12.1. The first-order valence-electron chi connectivity index (χ1n) is 4.62. The van der Waals surface area contributed by atoms with Crippen LogP contribution in [0.15, 0.2) is 36.7 Å². The monoisotopic (exact) mass is 235 g/mol. The summed E-state index contributed by atoms with van der Waals surface area (Å²) in [6, 6.07) is 5.10. The van der Waals surface area contributed by atoms with Crippen molar-refractivity contribution in [3.63, 3.8) is 0 Å². The van der Waals surface area contributed by atoms with Crippen molar-refractivity contribution in [1.82, 2.24) is 9.97 Å².